The number of unbranched alkanes of at least 4 members (excludes halogenated alkanes) is 1. The molecule has 3 N–H and O–H groups in total. The second-order valence-electron chi connectivity index (χ2n) is 6.92. The van der Waals surface area contributed by atoms with E-state index in [4.69, 9.17) is 0 Å². The van der Waals surface area contributed by atoms with Crippen molar-refractivity contribution in [3.05, 3.63) is 30.1 Å². The van der Waals surface area contributed by atoms with Gasteiger partial charge in [0.2, 0.25) is 5.95 Å². The van der Waals surface area contributed by atoms with Gasteiger partial charge in [0.25, 0.3) is 0 Å². The van der Waals surface area contributed by atoms with Crippen LogP contribution in [0, 0.1) is 0 Å². The quantitative estimate of drug-likeness (QED) is 0.576. The molecule has 0 radical (unpaired) electrons. The molecule has 0 aromatic carbocycles. The third kappa shape index (κ3) is 3.60. The van der Waals surface area contributed by atoms with E-state index < -0.39 is 0 Å². The molecule has 3 aromatic rings. The molecule has 132 valence electrons. The van der Waals surface area contributed by atoms with E-state index in [1.165, 1.54) is 31.4 Å². The number of fused-ring (bicyclic) bond motifs is 1. The van der Waals surface area contributed by atoms with Crippen LogP contribution in [0.5, 0.6) is 0 Å². The molecule has 0 bridgehead atoms. The van der Waals surface area contributed by atoms with Crippen LogP contribution in [0.3, 0.4) is 0 Å². The van der Waals surface area contributed by atoms with E-state index in [-0.39, 0.29) is 0 Å². The van der Waals surface area contributed by atoms with Crippen LogP contribution >= 0.6 is 0 Å². The van der Waals surface area contributed by atoms with Gasteiger partial charge in [0.05, 0.1) is 0 Å². The molecule has 0 spiro atoms. The number of hydrogen-bond donors (Lipinski definition) is 3. The summed E-state index contributed by atoms with van der Waals surface area (Å²) in [4.78, 5) is 4.68. The Morgan fingerprint density at radius 3 is 3.08 bits per heavy atom. The minimum absolute atomic E-state index is 0.369. The van der Waals surface area contributed by atoms with Gasteiger partial charge in [0.1, 0.15) is 5.52 Å². The van der Waals surface area contributed by atoms with Crippen LogP contribution in [0.4, 0.5) is 17.6 Å². The topological polar surface area (TPSA) is 82.9 Å². The van der Waals surface area contributed by atoms with Crippen molar-refractivity contribution in [1.82, 2.24) is 24.8 Å². The number of anilines is 3. The highest BCUT2D eigenvalue weighted by molar-refractivity contribution is 5.69. The summed E-state index contributed by atoms with van der Waals surface area (Å²) >= 11 is 0. The Morgan fingerprint density at radius 2 is 2.28 bits per heavy atom. The molecular formula is C18H25N7. The minimum Gasteiger partial charge on any atom is -0.366 e. The molecule has 3 aromatic heterocycles. The van der Waals surface area contributed by atoms with E-state index in [1.807, 2.05) is 22.8 Å². The fourth-order valence-electron chi connectivity index (χ4n) is 3.03. The Hall–Kier alpha value is -2.57. The smallest absolute Gasteiger partial charge is 0.248 e. The molecule has 1 fully saturated rings. The number of nitrogens with zero attached hydrogens (tertiary/aromatic N) is 4. The highest BCUT2D eigenvalue weighted by Gasteiger charge is 2.25. The Balaban J connectivity index is 1.55. The molecule has 25 heavy (non-hydrogen) atoms. The Bertz CT molecular complexity index is 846. The molecular weight excluding hydrogens is 314 g/mol. The average molecular weight is 339 g/mol. The zero-order chi connectivity index (χ0) is 17.2. The molecule has 0 unspecified atom stereocenters. The molecule has 1 aliphatic carbocycles. The van der Waals surface area contributed by atoms with Gasteiger partial charge in [-0.2, -0.15) is 10.1 Å². The van der Waals surface area contributed by atoms with Crippen LogP contribution in [0.15, 0.2) is 24.4 Å². The summed E-state index contributed by atoms with van der Waals surface area (Å²) in [5, 5.41) is 18.7. The van der Waals surface area contributed by atoms with E-state index in [2.05, 4.69) is 50.8 Å². The van der Waals surface area contributed by atoms with Gasteiger partial charge in [0.15, 0.2) is 11.6 Å². The number of aromatic nitrogens is 5. The summed E-state index contributed by atoms with van der Waals surface area (Å²) in [5.74, 6) is 2.80. The van der Waals surface area contributed by atoms with Gasteiger partial charge in [-0.3, -0.25) is 5.10 Å². The first-order valence-electron chi connectivity index (χ1n) is 9.17. The van der Waals surface area contributed by atoms with Crippen LogP contribution in [-0.2, 0) is 0 Å². The highest BCUT2D eigenvalue weighted by atomic mass is 15.3. The number of rotatable bonds is 8. The summed E-state index contributed by atoms with van der Waals surface area (Å²) in [6.45, 7) is 4.41. The lowest BCUT2D eigenvalue weighted by atomic mass is 10.1. The van der Waals surface area contributed by atoms with E-state index in [9.17, 15) is 0 Å². The van der Waals surface area contributed by atoms with Crippen molar-refractivity contribution in [3.63, 3.8) is 0 Å². The van der Waals surface area contributed by atoms with Crippen LogP contribution in [-0.4, -0.2) is 30.8 Å². The lowest BCUT2D eigenvalue weighted by Gasteiger charge is -2.15. The summed E-state index contributed by atoms with van der Waals surface area (Å²) in [6.07, 6.45) is 7.96. The maximum Gasteiger partial charge on any atom is 0.248 e. The zero-order valence-electron chi connectivity index (χ0n) is 14.8. The average Bonchev–Trinajstić information content (AvgIpc) is 3.15. The predicted octanol–water partition coefficient (Wildman–Crippen LogP) is 4.06. The minimum atomic E-state index is 0.369. The van der Waals surface area contributed by atoms with Gasteiger partial charge in [0, 0.05) is 29.9 Å². The molecule has 1 aliphatic rings. The SMILES string of the molecule is CCCC[C@H](C)Nc1nc(Nc2cc(C3CC3)[nH]n2)nn2cccc12. The van der Waals surface area contributed by atoms with Crippen molar-refractivity contribution in [2.75, 3.05) is 10.6 Å². The van der Waals surface area contributed by atoms with E-state index in [0.717, 1.165) is 23.6 Å². The van der Waals surface area contributed by atoms with Crippen LogP contribution in [0.25, 0.3) is 5.52 Å². The molecule has 7 nitrogen and oxygen atoms in total. The first-order chi connectivity index (χ1) is 12.2. The number of H-pyrrole nitrogens is 1. The molecule has 0 aliphatic heterocycles. The summed E-state index contributed by atoms with van der Waals surface area (Å²) in [5.41, 5.74) is 2.17. The van der Waals surface area contributed by atoms with Crippen molar-refractivity contribution >= 4 is 23.1 Å². The molecule has 0 amide bonds. The monoisotopic (exact) mass is 339 g/mol. The second kappa shape index (κ2) is 6.74. The molecule has 1 saturated carbocycles. The molecule has 0 saturated heterocycles. The second-order valence-corrected chi connectivity index (χ2v) is 6.92. The highest BCUT2D eigenvalue weighted by Crippen LogP contribution is 2.39. The van der Waals surface area contributed by atoms with Gasteiger partial charge >= 0.3 is 0 Å². The van der Waals surface area contributed by atoms with Crippen molar-refractivity contribution in [2.24, 2.45) is 0 Å². The third-order valence-corrected chi connectivity index (χ3v) is 4.62. The van der Waals surface area contributed by atoms with Gasteiger partial charge < -0.3 is 10.6 Å². The first kappa shape index (κ1) is 15.9. The lowest BCUT2D eigenvalue weighted by Crippen LogP contribution is -2.17. The summed E-state index contributed by atoms with van der Waals surface area (Å²) < 4.78 is 1.85. The lowest BCUT2D eigenvalue weighted by molar-refractivity contribution is 0.643. The maximum atomic E-state index is 4.68. The number of nitrogens with one attached hydrogen (secondary N) is 3. The standard InChI is InChI=1S/C18H25N7/c1-3-4-6-12(2)19-17-15-7-5-10-25(15)24-18(21-17)20-16-11-14(22-23-16)13-8-9-13/h5,7,10-13H,3-4,6,8-9H2,1-2H3,(H3,19,20,21,22,23,24)/t12-/m0/s1. The van der Waals surface area contributed by atoms with Gasteiger partial charge in [-0.1, -0.05) is 19.8 Å². The fourth-order valence-corrected chi connectivity index (χ4v) is 3.03. The molecule has 7 heteroatoms. The van der Waals surface area contributed by atoms with Crippen LogP contribution in [0.2, 0.25) is 0 Å². The largest absolute Gasteiger partial charge is 0.366 e. The third-order valence-electron chi connectivity index (χ3n) is 4.62. The van der Waals surface area contributed by atoms with Crippen LogP contribution in [0.1, 0.15) is 57.6 Å². The first-order valence-corrected chi connectivity index (χ1v) is 9.17. The fraction of sp³-hybridized carbons (Fsp3) is 0.500. The van der Waals surface area contributed by atoms with Gasteiger partial charge in [-0.15, -0.1) is 5.10 Å². The van der Waals surface area contributed by atoms with Crippen molar-refractivity contribution in [1.29, 1.82) is 0 Å². The normalized spacial score (nSPS) is 15.4. The molecule has 4 rings (SSSR count). The van der Waals surface area contributed by atoms with Gasteiger partial charge in [-0.25, -0.2) is 4.52 Å². The Kier molecular flexibility index (Phi) is 4.29. The number of aromatic amines is 1. The Labute approximate surface area is 147 Å². The zero-order valence-corrected chi connectivity index (χ0v) is 14.8. The predicted molar refractivity (Wildman–Crippen MR) is 99.4 cm³/mol. The van der Waals surface area contributed by atoms with E-state index in [0.29, 0.717) is 17.9 Å². The Morgan fingerprint density at radius 1 is 1.40 bits per heavy atom. The van der Waals surface area contributed by atoms with E-state index in [1.54, 1.807) is 0 Å². The maximum absolute atomic E-state index is 4.68. The van der Waals surface area contributed by atoms with Crippen molar-refractivity contribution in [3.8, 4) is 0 Å². The molecule has 1 atom stereocenters. The van der Waals surface area contributed by atoms with E-state index >= 15 is 0 Å². The molecule has 3 heterocycles. The van der Waals surface area contributed by atoms with Crippen molar-refractivity contribution in [2.45, 2.75) is 57.9 Å². The summed E-state index contributed by atoms with van der Waals surface area (Å²) in [6, 6.07) is 6.43. The van der Waals surface area contributed by atoms with Crippen LogP contribution < -0.4 is 10.6 Å². The summed E-state index contributed by atoms with van der Waals surface area (Å²) in [7, 11) is 0. The van der Waals surface area contributed by atoms with Crippen molar-refractivity contribution < 1.29 is 0 Å². The number of hydrogen-bond acceptors (Lipinski definition) is 5. The van der Waals surface area contributed by atoms with Gasteiger partial charge in [-0.05, 0) is 38.3 Å².